The van der Waals surface area contributed by atoms with Gasteiger partial charge in [-0.2, -0.15) is 0 Å². The molecule has 1 atom stereocenters. The Morgan fingerprint density at radius 3 is 2.41 bits per heavy atom. The number of amides is 2. The van der Waals surface area contributed by atoms with E-state index in [1.807, 2.05) is 26.0 Å². The van der Waals surface area contributed by atoms with Crippen molar-refractivity contribution >= 4 is 23.5 Å². The standard InChI is InChI=1S/C21H23FN2O5/c1-13-5-4-6-18(14(13)2)24-19(25)11-23-20(26)12-28-21(27)15(3)29-17-9-7-16(22)8-10-17/h4-10,15H,11-12H2,1-3H3,(H,23,26)(H,24,25)/t15-/m1/s1. The lowest BCUT2D eigenvalue weighted by molar-refractivity contribution is -0.154. The van der Waals surface area contributed by atoms with Crippen molar-refractivity contribution in [1.29, 1.82) is 0 Å². The van der Waals surface area contributed by atoms with Gasteiger partial charge in [-0.3, -0.25) is 9.59 Å². The van der Waals surface area contributed by atoms with Gasteiger partial charge in [0.1, 0.15) is 11.6 Å². The largest absolute Gasteiger partial charge is 0.479 e. The predicted octanol–water partition coefficient (Wildman–Crippen LogP) is 2.51. The van der Waals surface area contributed by atoms with Crippen molar-refractivity contribution in [1.82, 2.24) is 5.32 Å². The van der Waals surface area contributed by atoms with E-state index in [2.05, 4.69) is 10.6 Å². The van der Waals surface area contributed by atoms with E-state index in [1.165, 1.54) is 31.2 Å². The van der Waals surface area contributed by atoms with Crippen LogP contribution >= 0.6 is 0 Å². The summed E-state index contributed by atoms with van der Waals surface area (Å²) in [6.45, 7) is 4.46. The van der Waals surface area contributed by atoms with E-state index in [4.69, 9.17) is 9.47 Å². The van der Waals surface area contributed by atoms with Gasteiger partial charge < -0.3 is 20.1 Å². The fraction of sp³-hybridized carbons (Fsp3) is 0.286. The second kappa shape index (κ2) is 10.2. The molecule has 7 nitrogen and oxygen atoms in total. The van der Waals surface area contributed by atoms with Crippen LogP contribution in [-0.2, 0) is 19.1 Å². The first-order valence-corrected chi connectivity index (χ1v) is 8.98. The number of nitrogens with one attached hydrogen (secondary N) is 2. The van der Waals surface area contributed by atoms with E-state index >= 15 is 0 Å². The minimum atomic E-state index is -0.985. The average molecular weight is 402 g/mol. The summed E-state index contributed by atoms with van der Waals surface area (Å²) in [5.41, 5.74) is 2.65. The van der Waals surface area contributed by atoms with Crippen molar-refractivity contribution < 1.29 is 28.2 Å². The van der Waals surface area contributed by atoms with Gasteiger partial charge in [0.2, 0.25) is 5.91 Å². The third-order valence-corrected chi connectivity index (χ3v) is 4.13. The van der Waals surface area contributed by atoms with E-state index in [9.17, 15) is 18.8 Å². The molecule has 2 amide bonds. The molecule has 2 aromatic rings. The van der Waals surface area contributed by atoms with Crippen molar-refractivity contribution in [3.05, 3.63) is 59.4 Å². The molecule has 154 valence electrons. The fourth-order valence-electron chi connectivity index (χ4n) is 2.33. The smallest absolute Gasteiger partial charge is 0.347 e. The lowest BCUT2D eigenvalue weighted by atomic mass is 10.1. The highest BCUT2D eigenvalue weighted by atomic mass is 19.1. The molecular weight excluding hydrogens is 379 g/mol. The fourth-order valence-corrected chi connectivity index (χ4v) is 2.33. The zero-order valence-electron chi connectivity index (χ0n) is 16.5. The molecule has 0 unspecified atom stereocenters. The first-order chi connectivity index (χ1) is 13.8. The molecule has 2 rings (SSSR count). The number of carbonyl (C=O) groups is 3. The maximum Gasteiger partial charge on any atom is 0.347 e. The number of esters is 1. The van der Waals surface area contributed by atoms with Gasteiger partial charge >= 0.3 is 5.97 Å². The highest BCUT2D eigenvalue weighted by molar-refractivity contribution is 5.95. The highest BCUT2D eigenvalue weighted by Crippen LogP contribution is 2.17. The van der Waals surface area contributed by atoms with Gasteiger partial charge in [-0.25, -0.2) is 9.18 Å². The van der Waals surface area contributed by atoms with Gasteiger partial charge in [0, 0.05) is 5.69 Å². The van der Waals surface area contributed by atoms with Crippen LogP contribution in [0.5, 0.6) is 5.75 Å². The summed E-state index contributed by atoms with van der Waals surface area (Å²) in [7, 11) is 0. The van der Waals surface area contributed by atoms with Crippen LogP contribution in [0, 0.1) is 19.7 Å². The molecule has 8 heteroatoms. The van der Waals surface area contributed by atoms with E-state index in [-0.39, 0.29) is 6.54 Å². The number of ether oxygens (including phenoxy) is 2. The minimum Gasteiger partial charge on any atom is -0.479 e. The minimum absolute atomic E-state index is 0.259. The molecule has 0 fully saturated rings. The molecule has 0 aliphatic rings. The Balaban J connectivity index is 1.71. The number of benzene rings is 2. The van der Waals surface area contributed by atoms with Crippen LogP contribution in [-0.4, -0.2) is 37.0 Å². The lowest BCUT2D eigenvalue weighted by Crippen LogP contribution is -2.37. The summed E-state index contributed by atoms with van der Waals surface area (Å²) in [6, 6.07) is 10.7. The zero-order valence-corrected chi connectivity index (χ0v) is 16.5. The monoisotopic (exact) mass is 402 g/mol. The van der Waals surface area contributed by atoms with E-state index in [0.29, 0.717) is 11.4 Å². The second-order valence-corrected chi connectivity index (χ2v) is 6.39. The summed E-state index contributed by atoms with van der Waals surface area (Å²) < 4.78 is 23.0. The van der Waals surface area contributed by atoms with Crippen molar-refractivity contribution in [3.8, 4) is 5.75 Å². The maximum atomic E-state index is 12.9. The number of hydrogen-bond donors (Lipinski definition) is 2. The molecule has 2 N–H and O–H groups in total. The van der Waals surface area contributed by atoms with Crippen LogP contribution in [0.1, 0.15) is 18.1 Å². The Morgan fingerprint density at radius 1 is 1.03 bits per heavy atom. The summed E-state index contributed by atoms with van der Waals surface area (Å²) in [6.07, 6.45) is -0.985. The normalized spacial score (nSPS) is 11.3. The van der Waals surface area contributed by atoms with Crippen molar-refractivity contribution in [2.24, 2.45) is 0 Å². The molecule has 0 aliphatic carbocycles. The van der Waals surface area contributed by atoms with Gasteiger partial charge in [0.25, 0.3) is 5.91 Å². The number of carbonyl (C=O) groups excluding carboxylic acids is 3. The molecule has 29 heavy (non-hydrogen) atoms. The van der Waals surface area contributed by atoms with Crippen LogP contribution in [0.15, 0.2) is 42.5 Å². The molecule has 0 aromatic heterocycles. The van der Waals surface area contributed by atoms with Crippen LogP contribution in [0.3, 0.4) is 0 Å². The number of halogens is 1. The van der Waals surface area contributed by atoms with Gasteiger partial charge in [-0.1, -0.05) is 12.1 Å². The molecule has 2 aromatic carbocycles. The molecule has 0 bridgehead atoms. The van der Waals surface area contributed by atoms with Crippen molar-refractivity contribution in [3.63, 3.8) is 0 Å². The lowest BCUT2D eigenvalue weighted by Gasteiger charge is -2.14. The Kier molecular flexibility index (Phi) is 7.70. The molecule has 0 aliphatic heterocycles. The second-order valence-electron chi connectivity index (χ2n) is 6.39. The van der Waals surface area contributed by atoms with Crippen LogP contribution in [0.4, 0.5) is 10.1 Å². The topological polar surface area (TPSA) is 93.7 Å². The van der Waals surface area contributed by atoms with Crippen LogP contribution in [0.2, 0.25) is 0 Å². The summed E-state index contributed by atoms with van der Waals surface area (Å²) in [4.78, 5) is 35.7. The number of rotatable bonds is 8. The maximum absolute atomic E-state index is 12.9. The highest BCUT2D eigenvalue weighted by Gasteiger charge is 2.18. The number of hydrogen-bond acceptors (Lipinski definition) is 5. The summed E-state index contributed by atoms with van der Waals surface area (Å²) in [5.74, 6) is -1.91. The first kappa shape index (κ1) is 21.9. The molecule has 0 spiro atoms. The SMILES string of the molecule is Cc1cccc(NC(=O)CNC(=O)COC(=O)[C@@H](C)Oc2ccc(F)cc2)c1C. The van der Waals surface area contributed by atoms with E-state index in [1.54, 1.807) is 6.07 Å². The van der Waals surface area contributed by atoms with Crippen molar-refractivity contribution in [2.45, 2.75) is 26.9 Å². The Bertz CT molecular complexity index is 883. The van der Waals surface area contributed by atoms with Gasteiger partial charge in [0.05, 0.1) is 6.54 Å². The third-order valence-electron chi connectivity index (χ3n) is 4.13. The zero-order chi connectivity index (χ0) is 21.4. The molecule has 0 saturated carbocycles. The van der Waals surface area contributed by atoms with E-state index in [0.717, 1.165) is 11.1 Å². The third kappa shape index (κ3) is 6.91. The molecule has 0 radical (unpaired) electrons. The summed E-state index contributed by atoms with van der Waals surface area (Å²) >= 11 is 0. The first-order valence-electron chi connectivity index (χ1n) is 8.98. The predicted molar refractivity (Wildman–Crippen MR) is 105 cm³/mol. The Hall–Kier alpha value is -3.42. The van der Waals surface area contributed by atoms with Crippen LogP contribution < -0.4 is 15.4 Å². The van der Waals surface area contributed by atoms with Crippen LogP contribution in [0.25, 0.3) is 0 Å². The van der Waals surface area contributed by atoms with Gasteiger partial charge in [-0.15, -0.1) is 0 Å². The molecule has 0 saturated heterocycles. The van der Waals surface area contributed by atoms with Gasteiger partial charge in [-0.05, 0) is 62.2 Å². The quantitative estimate of drug-likeness (QED) is 0.662. The molecule has 0 heterocycles. The molecular formula is C21H23FN2O5. The number of anilines is 1. The van der Waals surface area contributed by atoms with Gasteiger partial charge in [0.15, 0.2) is 12.7 Å². The van der Waals surface area contributed by atoms with Crippen molar-refractivity contribution in [2.75, 3.05) is 18.5 Å². The summed E-state index contributed by atoms with van der Waals surface area (Å²) in [5, 5.41) is 5.09. The average Bonchev–Trinajstić information content (AvgIpc) is 2.69. The van der Waals surface area contributed by atoms with E-state index < -0.39 is 36.3 Å². The number of aryl methyl sites for hydroxylation is 1. The Labute approximate surface area is 168 Å². The Morgan fingerprint density at radius 2 is 1.72 bits per heavy atom.